The van der Waals surface area contributed by atoms with Crippen molar-refractivity contribution >= 4 is 36.6 Å². The Balaban J connectivity index is 0.000000206. The molecule has 0 aromatic heterocycles. The van der Waals surface area contributed by atoms with E-state index in [0.717, 1.165) is 22.6 Å². The molecule has 0 radical (unpaired) electrons. The van der Waals surface area contributed by atoms with Crippen molar-refractivity contribution in [1.82, 2.24) is 0 Å². The van der Waals surface area contributed by atoms with Gasteiger partial charge in [0.05, 0.1) is 16.6 Å². The predicted octanol–water partition coefficient (Wildman–Crippen LogP) is 11.2. The number of hydrogen-bond acceptors (Lipinski definition) is 2. The minimum absolute atomic E-state index is 0. The summed E-state index contributed by atoms with van der Waals surface area (Å²) < 4.78 is 57.5. The molecule has 0 saturated heterocycles. The summed E-state index contributed by atoms with van der Waals surface area (Å²) in [4.78, 5) is 0. The first-order valence-corrected chi connectivity index (χ1v) is 22.5. The van der Waals surface area contributed by atoms with Crippen LogP contribution in [0.5, 0.6) is 0 Å². The second kappa shape index (κ2) is 19.3. The number of alkyl halides is 3. The highest BCUT2D eigenvalue weighted by molar-refractivity contribution is 7.86. The maximum Gasteiger partial charge on any atom is 0.522 e. The molecule has 2 aromatic rings. The fourth-order valence-corrected chi connectivity index (χ4v) is 16.3. The van der Waals surface area contributed by atoms with E-state index in [0.29, 0.717) is 0 Å². The van der Waals surface area contributed by atoms with Crippen LogP contribution in [0.25, 0.3) is 0 Å². The summed E-state index contributed by atoms with van der Waals surface area (Å²) in [5, 5.41) is 3.45. The zero-order valence-corrected chi connectivity index (χ0v) is 30.2. The second-order valence-electron chi connectivity index (χ2n) is 13.7. The Hall–Kier alpha value is -1.00. The fraction of sp³-hybridized carbons (Fsp3) is 0.676. The van der Waals surface area contributed by atoms with Gasteiger partial charge in [-0.15, -0.1) is 0 Å². The van der Waals surface area contributed by atoms with Crippen LogP contribution >= 0.6 is 15.8 Å². The van der Waals surface area contributed by atoms with Crippen molar-refractivity contribution in [3.05, 3.63) is 60.7 Å². The van der Waals surface area contributed by atoms with Crippen LogP contribution in [0.1, 0.15) is 130 Å². The van der Waals surface area contributed by atoms with Crippen molar-refractivity contribution < 1.29 is 27.6 Å². The highest BCUT2D eigenvalue weighted by Crippen LogP contribution is 2.56. The maximum absolute atomic E-state index is 10.7. The molecule has 0 heterocycles. The highest BCUT2D eigenvalue weighted by atomic mass is 32.2. The Morgan fingerprint density at radius 1 is 0.587 bits per heavy atom. The highest BCUT2D eigenvalue weighted by Gasteiger charge is 2.44. The lowest BCUT2D eigenvalue weighted by Gasteiger charge is -2.38. The molecule has 4 saturated carbocycles. The van der Waals surface area contributed by atoms with E-state index in [4.69, 9.17) is 13.0 Å². The Kier molecular flexibility index (Phi) is 15.8. The predicted molar refractivity (Wildman–Crippen MR) is 194 cm³/mol. The van der Waals surface area contributed by atoms with Crippen LogP contribution in [0.15, 0.2) is 60.7 Å². The van der Waals surface area contributed by atoms with Crippen LogP contribution in [-0.2, 0) is 10.1 Å². The zero-order chi connectivity index (χ0) is 32.8. The first kappa shape index (κ1) is 37.8. The minimum Gasteiger partial charge on any atom is -1.00 e. The third-order valence-corrected chi connectivity index (χ3v) is 18.5. The molecule has 1 N–H and O–H groups in total. The van der Waals surface area contributed by atoms with Gasteiger partial charge in [0.1, 0.15) is 0 Å². The molecule has 0 unspecified atom stereocenters. The number of halogens is 3. The molecule has 46 heavy (non-hydrogen) atoms. The number of benzene rings is 2. The number of rotatable bonds is 6. The molecule has 0 atom stereocenters. The third kappa shape index (κ3) is 11.9. The van der Waals surface area contributed by atoms with E-state index in [1.54, 1.807) is 10.6 Å². The van der Waals surface area contributed by atoms with Gasteiger partial charge in [0.15, 0.2) is 0 Å². The van der Waals surface area contributed by atoms with Crippen LogP contribution in [0.3, 0.4) is 0 Å². The molecule has 0 aliphatic heterocycles. The summed E-state index contributed by atoms with van der Waals surface area (Å²) in [5.41, 5.74) is -1.32. The van der Waals surface area contributed by atoms with Crippen LogP contribution < -0.4 is 10.6 Å². The van der Waals surface area contributed by atoms with Crippen molar-refractivity contribution in [1.29, 1.82) is 0 Å². The SMILES string of the molecule is O=S(=O)(O)C(F)(F)F.[H-].c1ccc(P(C2CCCCC2)C2CCCCC2)cc1.c1ccc([PH+](C2CCCCC2)C2CCCCC2)cc1. The van der Waals surface area contributed by atoms with Gasteiger partial charge in [-0.25, -0.2) is 0 Å². The van der Waals surface area contributed by atoms with E-state index in [1.165, 1.54) is 128 Å². The summed E-state index contributed by atoms with van der Waals surface area (Å²) in [7, 11) is -6.06. The first-order valence-electron chi connectivity index (χ1n) is 17.9. The summed E-state index contributed by atoms with van der Waals surface area (Å²) in [6, 6.07) is 23.2. The van der Waals surface area contributed by atoms with Crippen molar-refractivity contribution in [2.75, 3.05) is 0 Å². The van der Waals surface area contributed by atoms with E-state index in [2.05, 4.69) is 60.7 Å². The van der Waals surface area contributed by atoms with Crippen molar-refractivity contribution in [3.8, 4) is 0 Å². The third-order valence-electron chi connectivity index (χ3n) is 10.5. The molecular formula is C37H57F3O3P2S. The Morgan fingerprint density at radius 2 is 0.913 bits per heavy atom. The molecule has 0 spiro atoms. The molecule has 9 heteroatoms. The van der Waals surface area contributed by atoms with Crippen molar-refractivity contribution in [3.63, 3.8) is 0 Å². The summed E-state index contributed by atoms with van der Waals surface area (Å²) in [6.45, 7) is 0. The van der Waals surface area contributed by atoms with Crippen molar-refractivity contribution in [2.45, 2.75) is 157 Å². The first-order chi connectivity index (χ1) is 22.1. The van der Waals surface area contributed by atoms with Gasteiger partial charge in [-0.1, -0.05) is 108 Å². The Labute approximate surface area is 280 Å². The molecule has 0 amide bonds. The summed E-state index contributed by atoms with van der Waals surface area (Å²) in [5.74, 6) is 0. The smallest absolute Gasteiger partial charge is 0.522 e. The van der Waals surface area contributed by atoms with Crippen LogP contribution in [0.4, 0.5) is 13.2 Å². The Bertz CT molecular complexity index is 1100. The van der Waals surface area contributed by atoms with Gasteiger partial charge in [0.2, 0.25) is 0 Å². The topological polar surface area (TPSA) is 54.4 Å². The fourth-order valence-electron chi connectivity index (χ4n) is 8.30. The number of hydrogen-bond donors (Lipinski definition) is 1. The quantitative estimate of drug-likeness (QED) is 0.185. The van der Waals surface area contributed by atoms with Crippen LogP contribution in [0, 0.1) is 0 Å². The van der Waals surface area contributed by atoms with Gasteiger partial charge >= 0.3 is 15.6 Å². The molecule has 3 nitrogen and oxygen atoms in total. The van der Waals surface area contributed by atoms with E-state index < -0.39 is 15.6 Å². The normalized spacial score (nSPS) is 21.3. The lowest BCUT2D eigenvalue weighted by Crippen LogP contribution is -2.26. The van der Waals surface area contributed by atoms with E-state index in [9.17, 15) is 13.2 Å². The zero-order valence-electron chi connectivity index (χ0n) is 28.5. The molecular weight excluding hydrogens is 643 g/mol. The monoisotopic (exact) mass is 700 g/mol. The van der Waals surface area contributed by atoms with E-state index in [-0.39, 0.29) is 17.3 Å². The van der Waals surface area contributed by atoms with E-state index in [1.807, 2.05) is 0 Å². The van der Waals surface area contributed by atoms with Gasteiger partial charge in [0.25, 0.3) is 0 Å². The van der Waals surface area contributed by atoms with Gasteiger partial charge in [-0.3, -0.25) is 4.55 Å². The van der Waals surface area contributed by atoms with Gasteiger partial charge in [-0.2, -0.15) is 21.6 Å². The summed E-state index contributed by atoms with van der Waals surface area (Å²) >= 11 is 0. The largest absolute Gasteiger partial charge is 1.00 e. The standard InChI is InChI=1S/2C18H27P.CHF3O3S.H/c2*1-4-10-16(11-5-1)19(17-12-6-2-7-13-17)18-14-8-3-9-15-18;2-1(3,4)8(5,6)7;/h2*1,4-5,10-11,17-18H,2-3,6-9,12-15H2;(H,5,6,7);/q;;;-1/p+1. The molecule has 4 fully saturated rings. The molecule has 6 rings (SSSR count). The minimum atomic E-state index is -5.84. The van der Waals surface area contributed by atoms with Gasteiger partial charge < -0.3 is 1.43 Å². The average molecular weight is 701 g/mol. The van der Waals surface area contributed by atoms with Crippen LogP contribution in [-0.4, -0.2) is 41.1 Å². The Morgan fingerprint density at radius 3 is 1.26 bits per heavy atom. The lowest BCUT2D eigenvalue weighted by molar-refractivity contribution is -0.0510. The molecule has 4 aliphatic carbocycles. The van der Waals surface area contributed by atoms with Gasteiger partial charge in [-0.05, 0) is 106 Å². The lowest BCUT2D eigenvalue weighted by atomic mass is 9.99. The molecule has 2 aromatic carbocycles. The molecule has 0 bridgehead atoms. The maximum atomic E-state index is 10.7. The van der Waals surface area contributed by atoms with Crippen LogP contribution in [0.2, 0.25) is 0 Å². The average Bonchev–Trinajstić information content (AvgIpc) is 3.08. The molecule has 260 valence electrons. The second-order valence-corrected chi connectivity index (χ2v) is 21.1. The molecule has 4 aliphatic rings. The summed E-state index contributed by atoms with van der Waals surface area (Å²) in [6.07, 6.45) is 30.1. The van der Waals surface area contributed by atoms with Gasteiger partial charge in [0, 0.05) is 7.92 Å². The van der Waals surface area contributed by atoms with E-state index >= 15 is 0 Å². The van der Waals surface area contributed by atoms with Crippen molar-refractivity contribution in [2.24, 2.45) is 0 Å².